The molecule has 5 heteroatoms. The van der Waals surface area contributed by atoms with Crippen molar-refractivity contribution in [3.05, 3.63) is 60.2 Å². The maximum atomic E-state index is 12.1. The van der Waals surface area contributed by atoms with E-state index in [9.17, 15) is 8.42 Å². The molecule has 2 aromatic rings. The van der Waals surface area contributed by atoms with Gasteiger partial charge in [-0.2, -0.15) is 0 Å². The first kappa shape index (κ1) is 12.6. The largest absolute Gasteiger partial charge is 0.326 e. The first-order valence-corrected chi connectivity index (χ1v) is 6.97. The summed E-state index contributed by atoms with van der Waals surface area (Å²) in [6.07, 6.45) is 0. The zero-order chi connectivity index (χ0) is 13.0. The Hall–Kier alpha value is -1.85. The number of hydrogen-bond donors (Lipinski definition) is 2. The summed E-state index contributed by atoms with van der Waals surface area (Å²) in [6, 6.07) is 15.4. The summed E-state index contributed by atoms with van der Waals surface area (Å²) in [5, 5.41) is 0. The van der Waals surface area contributed by atoms with Crippen molar-refractivity contribution in [2.45, 2.75) is 11.4 Å². The van der Waals surface area contributed by atoms with Gasteiger partial charge in [0.15, 0.2) is 0 Å². The molecule has 0 unspecified atom stereocenters. The normalized spacial score (nSPS) is 11.2. The van der Waals surface area contributed by atoms with Crippen LogP contribution in [0.5, 0.6) is 0 Å². The fourth-order valence-corrected chi connectivity index (χ4v) is 2.69. The van der Waals surface area contributed by atoms with Gasteiger partial charge in [-0.3, -0.25) is 4.72 Å². The highest BCUT2D eigenvalue weighted by Gasteiger charge is 2.13. The van der Waals surface area contributed by atoms with Crippen LogP contribution in [0.3, 0.4) is 0 Å². The van der Waals surface area contributed by atoms with Crippen LogP contribution in [0.25, 0.3) is 0 Å². The summed E-state index contributed by atoms with van der Waals surface area (Å²) in [4.78, 5) is 0.217. The van der Waals surface area contributed by atoms with Gasteiger partial charge < -0.3 is 5.73 Å². The van der Waals surface area contributed by atoms with Gasteiger partial charge in [-0.05, 0) is 29.8 Å². The average molecular weight is 262 g/mol. The Kier molecular flexibility index (Phi) is 3.64. The summed E-state index contributed by atoms with van der Waals surface area (Å²) in [6.45, 7) is 0.314. The molecule has 2 aromatic carbocycles. The first-order valence-electron chi connectivity index (χ1n) is 5.49. The number of benzene rings is 2. The Morgan fingerprint density at radius 2 is 1.72 bits per heavy atom. The van der Waals surface area contributed by atoms with Crippen LogP contribution in [0.15, 0.2) is 59.5 Å². The molecular formula is C13H14N2O2S. The minimum absolute atomic E-state index is 0.217. The molecule has 2 rings (SSSR count). The molecule has 94 valence electrons. The van der Waals surface area contributed by atoms with Gasteiger partial charge in [0, 0.05) is 12.2 Å². The maximum absolute atomic E-state index is 12.1. The van der Waals surface area contributed by atoms with Gasteiger partial charge in [-0.25, -0.2) is 8.42 Å². The number of para-hydroxylation sites is 1. The third kappa shape index (κ3) is 2.88. The fraction of sp³-hybridized carbons (Fsp3) is 0.0769. The van der Waals surface area contributed by atoms with Crippen molar-refractivity contribution >= 4 is 15.7 Å². The van der Waals surface area contributed by atoms with Crippen LogP contribution < -0.4 is 10.5 Å². The number of rotatable bonds is 4. The van der Waals surface area contributed by atoms with Crippen molar-refractivity contribution in [1.29, 1.82) is 0 Å². The Labute approximate surface area is 107 Å². The standard InChI is InChI=1S/C13H14N2O2S/c14-10-11-5-4-8-13(9-11)18(16,17)15-12-6-2-1-3-7-12/h1-9,15H,10,14H2. The topological polar surface area (TPSA) is 72.2 Å². The van der Waals surface area contributed by atoms with E-state index >= 15 is 0 Å². The lowest BCUT2D eigenvalue weighted by molar-refractivity contribution is 0.601. The zero-order valence-corrected chi connectivity index (χ0v) is 10.5. The second kappa shape index (κ2) is 5.20. The molecule has 3 N–H and O–H groups in total. The van der Waals surface area contributed by atoms with Gasteiger partial charge in [-0.1, -0.05) is 30.3 Å². The van der Waals surface area contributed by atoms with Crippen LogP contribution in [-0.2, 0) is 16.6 Å². The molecular weight excluding hydrogens is 248 g/mol. The number of anilines is 1. The van der Waals surface area contributed by atoms with E-state index in [0.29, 0.717) is 12.2 Å². The monoisotopic (exact) mass is 262 g/mol. The molecule has 4 nitrogen and oxygen atoms in total. The van der Waals surface area contributed by atoms with Crippen LogP contribution in [0, 0.1) is 0 Å². The number of nitrogens with two attached hydrogens (primary N) is 1. The SMILES string of the molecule is NCc1cccc(S(=O)(=O)Nc2ccccc2)c1. The predicted octanol–water partition coefficient (Wildman–Crippen LogP) is 1.95. The van der Waals surface area contributed by atoms with E-state index in [1.54, 1.807) is 48.5 Å². The second-order valence-electron chi connectivity index (χ2n) is 3.82. The van der Waals surface area contributed by atoms with Crippen LogP contribution in [0.1, 0.15) is 5.56 Å². The minimum Gasteiger partial charge on any atom is -0.326 e. The third-order valence-corrected chi connectivity index (χ3v) is 3.85. The van der Waals surface area contributed by atoms with Crippen molar-refractivity contribution in [3.8, 4) is 0 Å². The van der Waals surface area contributed by atoms with Gasteiger partial charge >= 0.3 is 0 Å². The number of hydrogen-bond acceptors (Lipinski definition) is 3. The lowest BCUT2D eigenvalue weighted by Gasteiger charge is -2.08. The highest BCUT2D eigenvalue weighted by Crippen LogP contribution is 2.16. The highest BCUT2D eigenvalue weighted by atomic mass is 32.2. The summed E-state index contributed by atoms with van der Waals surface area (Å²) in [5.74, 6) is 0. The first-order chi connectivity index (χ1) is 8.62. The van der Waals surface area contributed by atoms with Crippen molar-refractivity contribution in [3.63, 3.8) is 0 Å². The summed E-state index contributed by atoms with van der Waals surface area (Å²) < 4.78 is 26.8. The second-order valence-corrected chi connectivity index (χ2v) is 5.51. The molecule has 0 atom stereocenters. The van der Waals surface area contributed by atoms with Gasteiger partial charge in [-0.15, -0.1) is 0 Å². The molecule has 0 aliphatic carbocycles. The van der Waals surface area contributed by atoms with E-state index in [2.05, 4.69) is 4.72 Å². The van der Waals surface area contributed by atoms with Crippen LogP contribution in [0.2, 0.25) is 0 Å². The lowest BCUT2D eigenvalue weighted by Crippen LogP contribution is -2.13. The van der Waals surface area contributed by atoms with E-state index < -0.39 is 10.0 Å². The predicted molar refractivity (Wildman–Crippen MR) is 71.6 cm³/mol. The van der Waals surface area contributed by atoms with Crippen molar-refractivity contribution < 1.29 is 8.42 Å². The Morgan fingerprint density at radius 3 is 2.39 bits per heavy atom. The molecule has 18 heavy (non-hydrogen) atoms. The van der Waals surface area contributed by atoms with Crippen LogP contribution >= 0.6 is 0 Å². The molecule has 0 saturated carbocycles. The minimum atomic E-state index is -3.55. The van der Waals surface area contributed by atoms with Gasteiger partial charge in [0.25, 0.3) is 10.0 Å². The lowest BCUT2D eigenvalue weighted by atomic mass is 10.2. The zero-order valence-electron chi connectivity index (χ0n) is 9.71. The number of nitrogens with one attached hydrogen (secondary N) is 1. The van der Waals surface area contributed by atoms with Gasteiger partial charge in [0.1, 0.15) is 0 Å². The van der Waals surface area contributed by atoms with E-state index in [0.717, 1.165) is 5.56 Å². The quantitative estimate of drug-likeness (QED) is 0.884. The summed E-state index contributed by atoms with van der Waals surface area (Å²) in [7, 11) is -3.55. The van der Waals surface area contributed by atoms with Gasteiger partial charge in [0.2, 0.25) is 0 Å². The molecule has 0 radical (unpaired) electrons. The average Bonchev–Trinajstić information content (AvgIpc) is 2.39. The molecule has 0 spiro atoms. The van der Waals surface area contributed by atoms with E-state index in [1.807, 2.05) is 6.07 Å². The number of sulfonamides is 1. The van der Waals surface area contributed by atoms with Crippen LogP contribution in [-0.4, -0.2) is 8.42 Å². The molecule has 0 heterocycles. The molecule has 0 fully saturated rings. The maximum Gasteiger partial charge on any atom is 0.261 e. The van der Waals surface area contributed by atoms with Crippen molar-refractivity contribution in [1.82, 2.24) is 0 Å². The third-order valence-electron chi connectivity index (χ3n) is 2.47. The highest BCUT2D eigenvalue weighted by molar-refractivity contribution is 7.92. The van der Waals surface area contributed by atoms with Crippen LogP contribution in [0.4, 0.5) is 5.69 Å². The molecule has 0 aliphatic heterocycles. The summed E-state index contributed by atoms with van der Waals surface area (Å²) in [5.41, 5.74) is 6.82. The molecule has 0 amide bonds. The van der Waals surface area contributed by atoms with E-state index in [1.165, 1.54) is 0 Å². The Bertz CT molecular complexity index is 624. The molecule has 0 bridgehead atoms. The van der Waals surface area contributed by atoms with Crippen molar-refractivity contribution in [2.75, 3.05) is 4.72 Å². The fourth-order valence-electron chi connectivity index (χ4n) is 1.56. The Morgan fingerprint density at radius 1 is 1.00 bits per heavy atom. The summed E-state index contributed by atoms with van der Waals surface area (Å²) >= 11 is 0. The molecule has 0 aromatic heterocycles. The van der Waals surface area contributed by atoms with Gasteiger partial charge in [0.05, 0.1) is 4.90 Å². The van der Waals surface area contributed by atoms with E-state index in [4.69, 9.17) is 5.73 Å². The smallest absolute Gasteiger partial charge is 0.261 e. The van der Waals surface area contributed by atoms with Crippen molar-refractivity contribution in [2.24, 2.45) is 5.73 Å². The molecule has 0 saturated heterocycles. The Balaban J connectivity index is 2.31. The van der Waals surface area contributed by atoms with E-state index in [-0.39, 0.29) is 4.90 Å². The molecule has 0 aliphatic rings.